The fourth-order valence-electron chi connectivity index (χ4n) is 25.4. The summed E-state index contributed by atoms with van der Waals surface area (Å²) >= 11 is 3.41. The van der Waals surface area contributed by atoms with Crippen molar-refractivity contribution in [1.82, 2.24) is 5.06 Å². The predicted octanol–water partition coefficient (Wildman–Crippen LogP) is -0.965. The number of fused-ring (bicyclic) bond motifs is 10. The summed E-state index contributed by atoms with van der Waals surface area (Å²) in [5.41, 5.74) is 5.53. The lowest BCUT2D eigenvalue weighted by Crippen LogP contribution is -2.92. The van der Waals surface area contributed by atoms with E-state index in [4.69, 9.17) is 177 Å². The van der Waals surface area contributed by atoms with Crippen molar-refractivity contribution in [3.05, 3.63) is 68.7 Å². The molecule has 524 valence electrons. The average molecular weight is 1490 g/mol. The lowest BCUT2D eigenvalue weighted by Gasteiger charge is -2.62. The second-order valence-corrected chi connectivity index (χ2v) is 38.3. The molecule has 16 atom stereocenters. The van der Waals surface area contributed by atoms with Crippen LogP contribution in [-0.2, 0) is 19.1 Å². The third-order valence-corrected chi connectivity index (χ3v) is 30.5. The number of hydrogen-bond acceptors (Lipinski definition) is 7. The lowest BCUT2D eigenvalue weighted by atomic mass is 8.27. The molecule has 0 aliphatic heterocycles. The number of aryl methyl sites for hydroxylation is 4. The number of hydroxylamine groups is 2. The minimum absolute atomic E-state index is 0. The number of benzene rings is 2. The SMILES string of the molecule is C.COC[C@]12CC[C@@](C)(O)C[C@@H]1CC[C@H]1[C@@H]3CC[C@H](C(=O)N(C)OC)[C@@]3(C)CC[C@@H]12.COC[C@]12CC[C@@](C)(O)C[C@@H]1CC[C@H]1[C@@H]3CC[C@H](C(=O)c4cc(C)cc(C)c4)[C@@]3(C)CC[C@@H]12.Cc1cc(C)cc(Br)c1.[B]B([B])B([B])B(B([B])[B])B(B(B(B([B])[B])B([B])[B])B(B([B])[B])B([B])[B])B(B(B([B])[B])B([B])[B])B(B([B])[B])B([B])[B]. The summed E-state index contributed by atoms with van der Waals surface area (Å²) in [6.07, 6.45) is -1.87. The van der Waals surface area contributed by atoms with Crippen molar-refractivity contribution >= 4 is 311 Å². The van der Waals surface area contributed by atoms with Gasteiger partial charge in [0.15, 0.2) is 5.78 Å². The molecule has 8 fully saturated rings. The first kappa shape index (κ1) is 101. The Morgan fingerprint density at radius 3 is 1.05 bits per heavy atom. The fraction of sp³-hybridized carbons (Fsp3) is 0.778. The Hall–Kier alpha value is 0.457. The summed E-state index contributed by atoms with van der Waals surface area (Å²) in [7, 11) is 138. The van der Waals surface area contributed by atoms with Gasteiger partial charge in [0.05, 0.1) is 31.5 Å². The van der Waals surface area contributed by atoms with Crippen molar-refractivity contribution in [2.24, 2.45) is 80.8 Å². The maximum absolute atomic E-state index is 13.8. The van der Waals surface area contributed by atoms with Gasteiger partial charge in [0.25, 0.3) is 0 Å². The van der Waals surface area contributed by atoms with E-state index >= 15 is 0 Å². The Bertz CT molecular complexity index is 3140. The number of amides is 1. The summed E-state index contributed by atoms with van der Waals surface area (Å²) in [4.78, 5) is 32.0. The van der Waals surface area contributed by atoms with Gasteiger partial charge in [-0.05, 0) is 262 Å². The largest absolute Gasteiger partial charge is 0.390 e. The molecule has 1 amide bonds. The zero-order chi connectivity index (χ0) is 83.4. The number of halogens is 1. The van der Waals surface area contributed by atoms with Gasteiger partial charge in [0.2, 0.25) is 5.91 Å². The number of aliphatic hydroxyl groups is 2. The van der Waals surface area contributed by atoms with Gasteiger partial charge in [0, 0.05) is 327 Å². The van der Waals surface area contributed by atoms with Crippen molar-refractivity contribution in [2.75, 3.05) is 41.6 Å². The van der Waals surface area contributed by atoms with Crippen LogP contribution in [-0.4, -0.2) is 364 Å². The minimum atomic E-state index is -1.25. The third-order valence-electron chi connectivity index (χ3n) is 30.0. The quantitative estimate of drug-likeness (QED) is 0.0712. The number of methoxy groups -OCH3 is 2. The highest BCUT2D eigenvalue weighted by atomic mass is 79.9. The molecule has 8 nitrogen and oxygen atoms in total. The molecule has 2 aromatic carbocycles. The lowest BCUT2D eigenvalue weighted by molar-refractivity contribution is -0.188. The van der Waals surface area contributed by atoms with E-state index < -0.39 is 133 Å². The Morgan fingerprint density at radius 1 is 0.420 bits per heavy atom. The van der Waals surface area contributed by atoms with Gasteiger partial charge in [-0.25, -0.2) is 5.06 Å². The van der Waals surface area contributed by atoms with Crippen molar-refractivity contribution in [1.29, 1.82) is 0 Å². The molecular formula is C63H98B40BrNO7. The highest BCUT2D eigenvalue weighted by Gasteiger charge is 2.66. The number of ether oxygens (including phenoxy) is 2. The van der Waals surface area contributed by atoms with E-state index in [2.05, 4.69) is 93.9 Å². The monoisotopic (exact) mass is 1500 g/mol. The van der Waals surface area contributed by atoms with E-state index in [0.717, 1.165) is 89.4 Å². The number of hydrogen-bond donors (Lipinski definition) is 2. The Kier molecular flexibility index (Phi) is 38.2. The van der Waals surface area contributed by atoms with E-state index in [9.17, 15) is 19.8 Å². The number of carbonyl (C=O) groups is 2. The van der Waals surface area contributed by atoms with Gasteiger partial charge in [-0.3, -0.25) is 14.4 Å². The van der Waals surface area contributed by atoms with E-state index in [1.54, 1.807) is 14.2 Å². The first-order valence-electron chi connectivity index (χ1n) is 41.1. The topological polar surface area (TPSA) is 106 Å². The van der Waals surface area contributed by atoms with Crippen LogP contribution in [0.2, 0.25) is 0 Å². The Morgan fingerprint density at radius 2 is 0.741 bits per heavy atom. The molecule has 0 spiro atoms. The second kappa shape index (κ2) is 42.2. The summed E-state index contributed by atoms with van der Waals surface area (Å²) in [5, 5.41) is 23.0. The summed E-state index contributed by atoms with van der Waals surface area (Å²) < 4.78 is 12.9. The Balaban J connectivity index is 0.000000248. The summed E-state index contributed by atoms with van der Waals surface area (Å²) in [6, 6.07) is 12.7. The van der Waals surface area contributed by atoms with Crippen molar-refractivity contribution in [3.8, 4) is 0 Å². The molecule has 8 aliphatic carbocycles. The molecular weight excluding hydrogens is 1400 g/mol. The van der Waals surface area contributed by atoms with E-state index in [0.29, 0.717) is 53.1 Å². The van der Waals surface area contributed by atoms with Crippen LogP contribution in [0.4, 0.5) is 0 Å². The maximum atomic E-state index is 13.8. The second-order valence-electron chi connectivity index (χ2n) is 37.4. The van der Waals surface area contributed by atoms with Gasteiger partial charge in [0.1, 0.15) is 0 Å². The number of carbonyl (C=O) groups excluding carboxylic acids is 2. The molecule has 2 N–H and O–H groups in total. The standard InChI is InChI=1S/C30H44O3.C24H41NO4.C8H9Br.CH4.B40/c1-19-14-20(2)16-21(15-19)27(31)26-9-8-24-23-7-6-22-17-28(3,32)12-13-30(22,18-33-5)25(23)10-11-29(24,26)4;1-22(27)12-13-24(15-28-4)16(14-22)6-7-17-18-8-9-20(21(26)25(3)29-5)23(18,2)11-10-19(17)24;1-6-3-7(2)5-8(9)4-6;;1-22(2)32(21)37(31(19)20)40(38(33(23(3)4)24(5)6)34(25(7)8)26(9)10)39(35(27(11)12)28(13)14)36(29(15)16)30(17)18/h14-16,22-26,32H,6-13,17-18H2,1-5H3;16-20,27H,6-15H2,1-5H3;3-5H,1-2H3;1H4;/t22-,23-,24-,25-,26+,28+,29-,30+;16-,17-,18-,19-,20+,22+,23-,24+;;;/m00.../s1. The molecule has 8 saturated carbocycles. The van der Waals surface area contributed by atoms with Crippen LogP contribution >= 0.6 is 15.9 Å². The van der Waals surface area contributed by atoms with Gasteiger partial charge in [-0.1, -0.05) is 60.5 Å². The molecule has 0 heterocycles. The van der Waals surface area contributed by atoms with Crippen LogP contribution in [0.3, 0.4) is 0 Å². The highest BCUT2D eigenvalue weighted by molar-refractivity contribution is 9.10. The molecule has 0 aromatic heterocycles. The number of rotatable bonds is 26. The van der Waals surface area contributed by atoms with Crippen LogP contribution in [0.1, 0.15) is 183 Å². The van der Waals surface area contributed by atoms with Gasteiger partial charge < -0.3 is 19.7 Å². The first-order valence-corrected chi connectivity index (χ1v) is 41.9. The van der Waals surface area contributed by atoms with E-state index in [-0.39, 0.29) is 46.8 Å². The van der Waals surface area contributed by atoms with Gasteiger partial charge in [-0.15, -0.1) is 0 Å². The zero-order valence-corrected chi connectivity index (χ0v) is 70.8. The van der Waals surface area contributed by atoms with Crippen LogP contribution < -0.4 is 0 Å². The fourth-order valence-corrected chi connectivity index (χ4v) is 26.1. The molecule has 0 bridgehead atoms. The maximum Gasteiger partial charge on any atom is 0.249 e. The predicted molar refractivity (Wildman–Crippen MR) is 525 cm³/mol. The molecule has 0 saturated heterocycles. The molecule has 2 aromatic rings. The molecule has 112 heavy (non-hydrogen) atoms. The summed E-state index contributed by atoms with van der Waals surface area (Å²) in [6.45, 7) is 18.9. The number of ketones is 1. The smallest absolute Gasteiger partial charge is 0.249 e. The van der Waals surface area contributed by atoms with Gasteiger partial charge >= 0.3 is 0 Å². The van der Waals surface area contributed by atoms with Crippen molar-refractivity contribution in [3.63, 3.8) is 0 Å². The average Bonchev–Trinajstić information content (AvgIpc) is 1.37. The first-order chi connectivity index (χ1) is 51.6. The van der Waals surface area contributed by atoms with Crippen LogP contribution in [0.15, 0.2) is 40.9 Å². The zero-order valence-electron chi connectivity index (χ0n) is 69.2. The number of nitrogens with zero attached hydrogens (tertiary/aromatic N) is 1. The van der Waals surface area contributed by atoms with Gasteiger partial charge in [-0.2, -0.15) is 0 Å². The minimum Gasteiger partial charge on any atom is -0.390 e. The number of Topliss-reactive ketones (excluding diaryl/α,β-unsaturated/α-hetero) is 1. The van der Waals surface area contributed by atoms with Crippen molar-refractivity contribution in [2.45, 2.75) is 190 Å². The molecule has 49 heteroatoms. The molecule has 42 radical (unpaired) electrons. The molecule has 0 unspecified atom stereocenters. The van der Waals surface area contributed by atoms with E-state index in [1.807, 2.05) is 28.1 Å². The van der Waals surface area contributed by atoms with Crippen LogP contribution in [0.5, 0.6) is 0 Å². The van der Waals surface area contributed by atoms with E-state index in [1.165, 1.54) is 76.7 Å². The normalized spacial score (nSPS) is 30.1. The third kappa shape index (κ3) is 22.5. The highest BCUT2D eigenvalue weighted by Crippen LogP contribution is 2.70. The molecule has 10 rings (SSSR count). The summed E-state index contributed by atoms with van der Waals surface area (Å²) in [5.74, 6) is 5.94. The Labute approximate surface area is 725 Å². The van der Waals surface area contributed by atoms with Crippen LogP contribution in [0, 0.1) is 109 Å². The van der Waals surface area contributed by atoms with Crippen molar-refractivity contribution < 1.29 is 34.1 Å². The van der Waals surface area contributed by atoms with Crippen LogP contribution in [0.25, 0.3) is 0 Å². The molecule has 8 aliphatic rings.